The molecule has 1 amide bonds. The molecule has 0 aliphatic heterocycles. The average Bonchev–Trinajstić information content (AvgIpc) is 2.31. The molecule has 98 valence electrons. The minimum absolute atomic E-state index is 0.0662. The fraction of sp³-hybridized carbons (Fsp3) is 0.500. The third-order valence-corrected chi connectivity index (χ3v) is 4.05. The predicted molar refractivity (Wildman–Crippen MR) is 74.2 cm³/mol. The molecule has 1 saturated carbocycles. The number of ether oxygens (including phenoxy) is 1. The number of rotatable bonds is 5. The molecule has 1 aliphatic carbocycles. The Kier molecular flexibility index (Phi) is 4.40. The zero-order chi connectivity index (χ0) is 13.0. The van der Waals surface area contributed by atoms with Crippen molar-refractivity contribution in [3.63, 3.8) is 0 Å². The molecule has 1 fully saturated rings. The van der Waals surface area contributed by atoms with Crippen LogP contribution in [0.2, 0.25) is 0 Å². The lowest BCUT2D eigenvalue weighted by Gasteiger charge is -2.39. The van der Waals surface area contributed by atoms with Crippen molar-refractivity contribution in [1.29, 1.82) is 0 Å². The average molecular weight is 312 g/mol. The van der Waals surface area contributed by atoms with E-state index < -0.39 is 0 Å². The molecule has 0 aromatic heterocycles. The van der Waals surface area contributed by atoms with Gasteiger partial charge in [-0.15, -0.1) is 0 Å². The van der Waals surface area contributed by atoms with Crippen LogP contribution in [0.4, 0.5) is 0 Å². The number of nitrogens with one attached hydrogen (secondary N) is 1. The summed E-state index contributed by atoms with van der Waals surface area (Å²) in [7, 11) is 1.70. The van der Waals surface area contributed by atoms with Crippen molar-refractivity contribution in [2.75, 3.05) is 7.11 Å². The largest absolute Gasteiger partial charge is 0.378 e. The summed E-state index contributed by atoms with van der Waals surface area (Å²) in [5.41, 5.74) is 0.902. The molecular weight excluding hydrogens is 294 g/mol. The highest BCUT2D eigenvalue weighted by Crippen LogP contribution is 2.37. The molecule has 2 rings (SSSR count). The van der Waals surface area contributed by atoms with Crippen LogP contribution < -0.4 is 5.32 Å². The Balaban J connectivity index is 1.81. The summed E-state index contributed by atoms with van der Waals surface area (Å²) in [6.07, 6.45) is 3.62. The zero-order valence-corrected chi connectivity index (χ0v) is 12.1. The van der Waals surface area contributed by atoms with E-state index in [9.17, 15) is 4.79 Å². The molecule has 1 aromatic carbocycles. The first-order chi connectivity index (χ1) is 8.63. The molecule has 0 radical (unpaired) electrons. The normalized spacial score (nSPS) is 17.0. The van der Waals surface area contributed by atoms with E-state index in [0.717, 1.165) is 29.3 Å². The minimum Gasteiger partial charge on any atom is -0.378 e. The van der Waals surface area contributed by atoms with Gasteiger partial charge in [0, 0.05) is 18.1 Å². The smallest absolute Gasteiger partial charge is 0.223 e. The van der Waals surface area contributed by atoms with E-state index in [1.165, 1.54) is 0 Å². The Morgan fingerprint density at radius 1 is 1.50 bits per heavy atom. The van der Waals surface area contributed by atoms with Crippen molar-refractivity contribution < 1.29 is 9.53 Å². The maximum Gasteiger partial charge on any atom is 0.223 e. The van der Waals surface area contributed by atoms with Gasteiger partial charge in [-0.3, -0.25) is 4.79 Å². The summed E-state index contributed by atoms with van der Waals surface area (Å²) in [5.74, 6) is 0.0662. The van der Waals surface area contributed by atoms with Crippen molar-refractivity contribution in [2.24, 2.45) is 0 Å². The highest BCUT2D eigenvalue weighted by molar-refractivity contribution is 9.10. The van der Waals surface area contributed by atoms with Crippen LogP contribution in [0.1, 0.15) is 31.2 Å². The summed E-state index contributed by atoms with van der Waals surface area (Å²) >= 11 is 3.42. The van der Waals surface area contributed by atoms with Crippen LogP contribution >= 0.6 is 15.9 Å². The van der Waals surface area contributed by atoms with Crippen LogP contribution in [0.5, 0.6) is 0 Å². The van der Waals surface area contributed by atoms with E-state index in [1.54, 1.807) is 7.11 Å². The molecule has 0 atom stereocenters. The van der Waals surface area contributed by atoms with Gasteiger partial charge >= 0.3 is 0 Å². The molecule has 0 spiro atoms. The summed E-state index contributed by atoms with van der Waals surface area (Å²) in [5, 5.41) is 2.94. The molecule has 1 N–H and O–H groups in total. The number of halogens is 1. The van der Waals surface area contributed by atoms with Crippen molar-refractivity contribution >= 4 is 21.8 Å². The molecule has 4 heteroatoms. The van der Waals surface area contributed by atoms with Crippen LogP contribution in [0.15, 0.2) is 28.7 Å². The summed E-state index contributed by atoms with van der Waals surface area (Å²) < 4.78 is 6.48. The molecule has 18 heavy (non-hydrogen) atoms. The van der Waals surface area contributed by atoms with E-state index in [1.807, 2.05) is 24.3 Å². The zero-order valence-electron chi connectivity index (χ0n) is 10.5. The first kappa shape index (κ1) is 13.6. The van der Waals surface area contributed by atoms with Gasteiger partial charge in [0.1, 0.15) is 0 Å². The van der Waals surface area contributed by atoms with Gasteiger partial charge in [-0.05, 0) is 37.0 Å². The molecule has 0 saturated heterocycles. The maximum absolute atomic E-state index is 11.9. The van der Waals surface area contributed by atoms with Gasteiger partial charge in [0.05, 0.1) is 12.0 Å². The van der Waals surface area contributed by atoms with E-state index in [2.05, 4.69) is 21.2 Å². The van der Waals surface area contributed by atoms with Crippen molar-refractivity contribution in [2.45, 2.75) is 37.8 Å². The fourth-order valence-corrected chi connectivity index (χ4v) is 2.67. The van der Waals surface area contributed by atoms with Crippen LogP contribution in [-0.4, -0.2) is 18.6 Å². The Hall–Kier alpha value is -0.870. The number of hydrogen-bond donors (Lipinski definition) is 1. The first-order valence-corrected chi connectivity index (χ1v) is 6.99. The monoisotopic (exact) mass is 311 g/mol. The van der Waals surface area contributed by atoms with Gasteiger partial charge in [-0.2, -0.15) is 0 Å². The second-order valence-corrected chi connectivity index (χ2v) is 5.74. The number of methoxy groups -OCH3 is 1. The van der Waals surface area contributed by atoms with Crippen LogP contribution in [0, 0.1) is 0 Å². The lowest BCUT2D eigenvalue weighted by Crippen LogP contribution is -2.43. The second kappa shape index (κ2) is 5.85. The number of carbonyl (C=O) groups is 1. The number of benzene rings is 1. The van der Waals surface area contributed by atoms with Gasteiger partial charge in [0.15, 0.2) is 0 Å². The van der Waals surface area contributed by atoms with E-state index in [4.69, 9.17) is 4.74 Å². The third kappa shape index (κ3) is 3.33. The lowest BCUT2D eigenvalue weighted by molar-refractivity contribution is -0.134. The van der Waals surface area contributed by atoms with Crippen LogP contribution in [0.25, 0.3) is 0 Å². The van der Waals surface area contributed by atoms with Gasteiger partial charge in [0.2, 0.25) is 5.91 Å². The van der Waals surface area contributed by atoms with Gasteiger partial charge in [-0.1, -0.05) is 28.1 Å². The topological polar surface area (TPSA) is 38.3 Å². The molecular formula is C14H18BrNO2. The van der Waals surface area contributed by atoms with E-state index in [-0.39, 0.29) is 11.5 Å². The SMILES string of the molecule is COC1(CC(=O)NCc2cccc(Br)c2)CCC1. The number of amides is 1. The molecule has 3 nitrogen and oxygen atoms in total. The van der Waals surface area contributed by atoms with E-state index in [0.29, 0.717) is 13.0 Å². The van der Waals surface area contributed by atoms with Gasteiger partial charge in [-0.25, -0.2) is 0 Å². The Bertz CT molecular complexity index is 424. The Morgan fingerprint density at radius 2 is 2.28 bits per heavy atom. The van der Waals surface area contributed by atoms with Crippen molar-refractivity contribution in [3.8, 4) is 0 Å². The molecule has 1 aromatic rings. The van der Waals surface area contributed by atoms with E-state index >= 15 is 0 Å². The minimum atomic E-state index is -0.193. The van der Waals surface area contributed by atoms with Crippen LogP contribution in [-0.2, 0) is 16.1 Å². The molecule has 0 heterocycles. The Labute approximate surface area is 116 Å². The van der Waals surface area contributed by atoms with Gasteiger partial charge < -0.3 is 10.1 Å². The highest BCUT2D eigenvalue weighted by Gasteiger charge is 2.38. The summed E-state index contributed by atoms with van der Waals surface area (Å²) in [6.45, 7) is 0.568. The fourth-order valence-electron chi connectivity index (χ4n) is 2.23. The Morgan fingerprint density at radius 3 is 2.83 bits per heavy atom. The molecule has 0 bridgehead atoms. The first-order valence-electron chi connectivity index (χ1n) is 6.20. The maximum atomic E-state index is 11.9. The number of hydrogen-bond acceptors (Lipinski definition) is 2. The van der Waals surface area contributed by atoms with Gasteiger partial charge in [0.25, 0.3) is 0 Å². The second-order valence-electron chi connectivity index (χ2n) is 4.82. The molecule has 1 aliphatic rings. The third-order valence-electron chi connectivity index (χ3n) is 3.56. The number of carbonyl (C=O) groups excluding carboxylic acids is 1. The quantitative estimate of drug-likeness (QED) is 0.907. The predicted octanol–water partition coefficient (Wildman–Crippen LogP) is 3.02. The molecule has 0 unspecified atom stereocenters. The summed E-state index contributed by atoms with van der Waals surface area (Å²) in [6, 6.07) is 7.95. The standard InChI is InChI=1S/C14H18BrNO2/c1-18-14(6-3-7-14)9-13(17)16-10-11-4-2-5-12(15)8-11/h2,4-5,8H,3,6-7,9-10H2,1H3,(H,16,17). The van der Waals surface area contributed by atoms with Crippen LogP contribution in [0.3, 0.4) is 0 Å². The highest BCUT2D eigenvalue weighted by atomic mass is 79.9. The summed E-state index contributed by atoms with van der Waals surface area (Å²) in [4.78, 5) is 11.9. The van der Waals surface area contributed by atoms with Crippen molar-refractivity contribution in [3.05, 3.63) is 34.3 Å². The van der Waals surface area contributed by atoms with Crippen molar-refractivity contribution in [1.82, 2.24) is 5.32 Å². The lowest BCUT2D eigenvalue weighted by atomic mass is 9.77.